The number of aromatic nitrogens is 3. The van der Waals surface area contributed by atoms with Crippen LogP contribution in [0.5, 0.6) is 0 Å². The molecule has 8 nitrogen and oxygen atoms in total. The average Bonchev–Trinajstić information content (AvgIpc) is 3.23. The minimum Gasteiger partial charge on any atom is -0.350 e. The minimum atomic E-state index is -0.173. The molecule has 4 N–H and O–H groups in total. The quantitative estimate of drug-likeness (QED) is 0.686. The van der Waals surface area contributed by atoms with E-state index in [-0.39, 0.29) is 36.3 Å². The van der Waals surface area contributed by atoms with Gasteiger partial charge in [-0.25, -0.2) is 9.67 Å². The van der Waals surface area contributed by atoms with E-state index in [9.17, 15) is 9.59 Å². The molecule has 1 fully saturated rings. The molecule has 1 aliphatic rings. The number of nitrogens with two attached hydrogens (primary N) is 1. The summed E-state index contributed by atoms with van der Waals surface area (Å²) in [5, 5.41) is 9.61. The van der Waals surface area contributed by atoms with Crippen molar-refractivity contribution in [1.82, 2.24) is 20.1 Å². The molecule has 1 heterocycles. The lowest BCUT2D eigenvalue weighted by Crippen LogP contribution is -2.28. The van der Waals surface area contributed by atoms with Crippen LogP contribution in [0.4, 0.5) is 5.95 Å². The third-order valence-electron chi connectivity index (χ3n) is 4.59. The van der Waals surface area contributed by atoms with E-state index in [4.69, 9.17) is 5.73 Å². The first-order chi connectivity index (χ1) is 12.6. The summed E-state index contributed by atoms with van der Waals surface area (Å²) in [7, 11) is 0. The molecular formula is C18H24N6O2. The van der Waals surface area contributed by atoms with E-state index in [2.05, 4.69) is 20.7 Å². The Morgan fingerprint density at radius 2 is 2.00 bits per heavy atom. The van der Waals surface area contributed by atoms with Gasteiger partial charge in [0.1, 0.15) is 12.9 Å². The fourth-order valence-corrected chi connectivity index (χ4v) is 3.16. The fraction of sp³-hybridized carbons (Fsp3) is 0.444. The number of benzene rings is 1. The van der Waals surface area contributed by atoms with E-state index in [1.807, 2.05) is 30.3 Å². The van der Waals surface area contributed by atoms with Crippen molar-refractivity contribution in [1.29, 1.82) is 0 Å². The number of carbonyl (C=O) groups is 2. The van der Waals surface area contributed by atoms with Gasteiger partial charge < -0.3 is 11.1 Å². The number of carbonyl (C=O) groups excluding carboxylic acids is 2. The van der Waals surface area contributed by atoms with Crippen LogP contribution < -0.4 is 16.4 Å². The molecule has 0 bridgehead atoms. The maximum Gasteiger partial charge on any atom is 0.248 e. The Labute approximate surface area is 152 Å². The van der Waals surface area contributed by atoms with Crippen LogP contribution in [0.3, 0.4) is 0 Å². The molecule has 0 radical (unpaired) electrons. The number of rotatable bonds is 7. The first kappa shape index (κ1) is 18.1. The zero-order valence-electron chi connectivity index (χ0n) is 14.6. The van der Waals surface area contributed by atoms with E-state index in [0.717, 1.165) is 24.8 Å². The van der Waals surface area contributed by atoms with Crippen molar-refractivity contribution in [2.75, 3.05) is 5.32 Å². The molecule has 1 aliphatic carbocycles. The van der Waals surface area contributed by atoms with Crippen LogP contribution in [0, 0.1) is 5.92 Å². The van der Waals surface area contributed by atoms with Crippen LogP contribution in [-0.2, 0) is 22.7 Å². The Bertz CT molecular complexity index is 745. The molecule has 138 valence electrons. The second-order valence-corrected chi connectivity index (χ2v) is 6.64. The van der Waals surface area contributed by atoms with Crippen LogP contribution >= 0.6 is 0 Å². The summed E-state index contributed by atoms with van der Waals surface area (Å²) >= 11 is 0. The molecule has 1 aromatic carbocycles. The second kappa shape index (κ2) is 8.57. The van der Waals surface area contributed by atoms with Crippen molar-refractivity contribution in [2.45, 2.75) is 44.8 Å². The molecule has 1 saturated carbocycles. The van der Waals surface area contributed by atoms with Crippen LogP contribution in [0.15, 0.2) is 36.7 Å². The summed E-state index contributed by atoms with van der Waals surface area (Å²) in [6, 6.07) is 9.76. The van der Waals surface area contributed by atoms with Crippen molar-refractivity contribution < 1.29 is 9.59 Å². The maximum absolute atomic E-state index is 12.1. The van der Waals surface area contributed by atoms with Gasteiger partial charge in [-0.3, -0.25) is 14.9 Å². The van der Waals surface area contributed by atoms with E-state index in [1.54, 1.807) is 0 Å². The van der Waals surface area contributed by atoms with Crippen LogP contribution in [-0.4, -0.2) is 32.6 Å². The molecule has 0 unspecified atom stereocenters. The molecule has 3 rings (SSSR count). The third kappa shape index (κ3) is 5.13. The Balaban J connectivity index is 1.43. The molecule has 2 amide bonds. The van der Waals surface area contributed by atoms with Gasteiger partial charge in [-0.2, -0.15) is 0 Å². The first-order valence-corrected chi connectivity index (χ1v) is 8.85. The predicted molar refractivity (Wildman–Crippen MR) is 96.9 cm³/mol. The summed E-state index contributed by atoms with van der Waals surface area (Å²) in [6.07, 6.45) is 4.84. The van der Waals surface area contributed by atoms with Gasteiger partial charge in [-0.05, 0) is 24.3 Å². The Kier molecular flexibility index (Phi) is 5.96. The minimum absolute atomic E-state index is 0.0448. The Morgan fingerprint density at radius 3 is 2.73 bits per heavy atom. The van der Waals surface area contributed by atoms with Gasteiger partial charge in [0.05, 0.1) is 0 Å². The van der Waals surface area contributed by atoms with Crippen molar-refractivity contribution in [3.8, 4) is 0 Å². The monoisotopic (exact) mass is 356 g/mol. The van der Waals surface area contributed by atoms with Gasteiger partial charge in [0.25, 0.3) is 0 Å². The first-order valence-electron chi connectivity index (χ1n) is 8.85. The Hall–Kier alpha value is -2.74. The van der Waals surface area contributed by atoms with Gasteiger partial charge >= 0.3 is 0 Å². The summed E-state index contributed by atoms with van der Waals surface area (Å²) in [5.41, 5.74) is 7.02. The zero-order valence-corrected chi connectivity index (χ0v) is 14.6. The van der Waals surface area contributed by atoms with E-state index in [0.29, 0.717) is 13.0 Å². The van der Waals surface area contributed by atoms with Crippen LogP contribution in [0.1, 0.15) is 31.2 Å². The number of anilines is 1. The number of hydrogen-bond acceptors (Lipinski definition) is 5. The third-order valence-corrected chi connectivity index (χ3v) is 4.59. The lowest BCUT2D eigenvalue weighted by atomic mass is 10.00. The second-order valence-electron chi connectivity index (χ2n) is 6.64. The highest BCUT2D eigenvalue weighted by molar-refractivity contribution is 5.89. The highest BCUT2D eigenvalue weighted by Gasteiger charge is 2.26. The molecular weight excluding hydrogens is 332 g/mol. The van der Waals surface area contributed by atoms with Crippen molar-refractivity contribution in [2.24, 2.45) is 11.7 Å². The molecule has 8 heteroatoms. The summed E-state index contributed by atoms with van der Waals surface area (Å²) < 4.78 is 1.40. The highest BCUT2D eigenvalue weighted by atomic mass is 16.2. The molecule has 2 atom stereocenters. The lowest BCUT2D eigenvalue weighted by Gasteiger charge is -2.13. The van der Waals surface area contributed by atoms with Gasteiger partial charge in [-0.1, -0.05) is 36.8 Å². The summed E-state index contributed by atoms with van der Waals surface area (Å²) in [5.74, 6) is 0.116. The number of nitrogens with zero attached hydrogens (tertiary/aromatic N) is 3. The molecule has 0 spiro atoms. The summed E-state index contributed by atoms with van der Waals surface area (Å²) in [4.78, 5) is 28.1. The molecule has 0 aliphatic heterocycles. The van der Waals surface area contributed by atoms with Gasteiger partial charge in [-0.15, -0.1) is 5.10 Å². The molecule has 0 saturated heterocycles. The number of hydrogen-bond donors (Lipinski definition) is 3. The average molecular weight is 356 g/mol. The van der Waals surface area contributed by atoms with Crippen molar-refractivity contribution >= 4 is 17.8 Å². The Morgan fingerprint density at radius 1 is 1.19 bits per heavy atom. The topological polar surface area (TPSA) is 115 Å². The van der Waals surface area contributed by atoms with Crippen LogP contribution in [0.25, 0.3) is 0 Å². The largest absolute Gasteiger partial charge is 0.350 e. The zero-order chi connectivity index (χ0) is 18.4. The van der Waals surface area contributed by atoms with E-state index >= 15 is 0 Å². The van der Waals surface area contributed by atoms with Gasteiger partial charge in [0.15, 0.2) is 0 Å². The molecule has 26 heavy (non-hydrogen) atoms. The van der Waals surface area contributed by atoms with E-state index in [1.165, 1.54) is 11.0 Å². The predicted octanol–water partition coefficient (Wildman–Crippen LogP) is 1.05. The molecule has 1 aromatic heterocycles. The van der Waals surface area contributed by atoms with Gasteiger partial charge in [0.2, 0.25) is 17.8 Å². The normalized spacial score (nSPS) is 19.3. The number of nitrogens with one attached hydrogen (secondary N) is 2. The molecule has 2 aromatic rings. The van der Waals surface area contributed by atoms with Crippen LogP contribution in [0.2, 0.25) is 0 Å². The summed E-state index contributed by atoms with van der Waals surface area (Å²) in [6.45, 7) is 0.503. The van der Waals surface area contributed by atoms with E-state index < -0.39 is 0 Å². The fourth-order valence-electron chi connectivity index (χ4n) is 3.16. The van der Waals surface area contributed by atoms with Crippen molar-refractivity contribution in [3.63, 3.8) is 0 Å². The maximum atomic E-state index is 12.1. The van der Waals surface area contributed by atoms with Gasteiger partial charge in [0, 0.05) is 19.0 Å². The van der Waals surface area contributed by atoms with Crippen molar-refractivity contribution in [3.05, 3.63) is 42.2 Å². The standard InChI is InChI=1S/C18H24N6O2/c19-15-8-4-7-14(15)9-16(25)22-18-21-12-24(23-18)11-17(26)20-10-13-5-2-1-3-6-13/h1-3,5-6,12,14-15H,4,7-11,19H2,(H,20,26)(H,22,23,25)/t14-,15+/m0/s1. The smallest absolute Gasteiger partial charge is 0.248 e. The highest BCUT2D eigenvalue weighted by Crippen LogP contribution is 2.26. The SMILES string of the molecule is N[C@@H]1CCC[C@H]1CC(=O)Nc1ncn(CC(=O)NCc2ccccc2)n1. The number of amides is 2. The lowest BCUT2D eigenvalue weighted by molar-refractivity contribution is -0.122.